The second-order valence-electron chi connectivity index (χ2n) is 3.67. The van der Waals surface area contributed by atoms with Gasteiger partial charge < -0.3 is 0 Å². The van der Waals surface area contributed by atoms with E-state index in [2.05, 4.69) is 18.8 Å². The number of aromatic nitrogens is 1. The fourth-order valence-electron chi connectivity index (χ4n) is 1.87. The van der Waals surface area contributed by atoms with Crippen molar-refractivity contribution in [2.45, 2.75) is 45.4 Å². The monoisotopic (exact) mass is 195 g/mol. The molecule has 0 radical (unpaired) electrons. The first-order valence-electron chi connectivity index (χ1n) is 5.39. The fourth-order valence-corrected chi connectivity index (χ4v) is 1.87. The third kappa shape index (κ3) is 2.79. The quantitative estimate of drug-likeness (QED) is 0.694. The van der Waals surface area contributed by atoms with Crippen LogP contribution in [0.25, 0.3) is 0 Å². The van der Waals surface area contributed by atoms with Crippen LogP contribution in [-0.2, 0) is 0 Å². The largest absolute Gasteiger partial charge is 0.262 e. The summed E-state index contributed by atoms with van der Waals surface area (Å²) in [6.07, 6.45) is 7.33. The lowest BCUT2D eigenvalue weighted by atomic mass is 9.91. The third-order valence-electron chi connectivity index (χ3n) is 2.52. The van der Waals surface area contributed by atoms with Gasteiger partial charge in [0, 0.05) is 6.20 Å². The molecule has 1 heterocycles. The maximum Gasteiger partial charge on any atom is 0.144 e. The van der Waals surface area contributed by atoms with Gasteiger partial charge in [-0.05, 0) is 30.4 Å². The highest BCUT2D eigenvalue weighted by atomic mass is 19.1. The van der Waals surface area contributed by atoms with Crippen LogP contribution in [0.3, 0.4) is 0 Å². The zero-order valence-electron chi connectivity index (χ0n) is 8.96. The molecule has 78 valence electrons. The van der Waals surface area contributed by atoms with Crippen molar-refractivity contribution in [2.75, 3.05) is 0 Å². The Kier molecular flexibility index (Phi) is 4.57. The maximum atomic E-state index is 13.4. The van der Waals surface area contributed by atoms with Crippen LogP contribution in [0.1, 0.15) is 51.0 Å². The Bertz CT molecular complexity index is 267. The molecule has 1 rings (SSSR count). The Morgan fingerprint density at radius 2 is 1.93 bits per heavy atom. The normalized spacial score (nSPS) is 10.9. The van der Waals surface area contributed by atoms with E-state index in [0.717, 1.165) is 31.2 Å². The molecule has 0 unspecified atom stereocenters. The average Bonchev–Trinajstić information content (AvgIpc) is 2.18. The lowest BCUT2D eigenvalue weighted by Crippen LogP contribution is -2.01. The van der Waals surface area contributed by atoms with E-state index in [9.17, 15) is 4.39 Å². The number of rotatable bonds is 5. The second-order valence-corrected chi connectivity index (χ2v) is 3.67. The Balaban J connectivity index is 2.81. The van der Waals surface area contributed by atoms with E-state index in [1.807, 2.05) is 6.07 Å². The van der Waals surface area contributed by atoms with Crippen molar-refractivity contribution in [3.63, 3.8) is 0 Å². The number of nitrogens with zero attached hydrogens (tertiary/aromatic N) is 1. The van der Waals surface area contributed by atoms with E-state index in [-0.39, 0.29) is 5.82 Å². The molecular weight excluding hydrogens is 177 g/mol. The first-order valence-corrected chi connectivity index (χ1v) is 5.39. The molecular formula is C12H18FN. The van der Waals surface area contributed by atoms with Crippen molar-refractivity contribution < 1.29 is 4.39 Å². The van der Waals surface area contributed by atoms with Crippen LogP contribution in [0.5, 0.6) is 0 Å². The average molecular weight is 195 g/mol. The molecule has 0 saturated heterocycles. The van der Waals surface area contributed by atoms with Crippen molar-refractivity contribution in [2.24, 2.45) is 0 Å². The number of pyridine rings is 1. The first kappa shape index (κ1) is 11.2. The molecule has 0 fully saturated rings. The lowest BCUT2D eigenvalue weighted by molar-refractivity contribution is 0.517. The zero-order chi connectivity index (χ0) is 10.4. The van der Waals surface area contributed by atoms with Crippen LogP contribution in [-0.4, -0.2) is 4.98 Å². The summed E-state index contributed by atoms with van der Waals surface area (Å²) in [6, 6.07) is 1.81. The van der Waals surface area contributed by atoms with Gasteiger partial charge >= 0.3 is 0 Å². The van der Waals surface area contributed by atoms with Gasteiger partial charge in [0.1, 0.15) is 5.82 Å². The SMILES string of the molecule is CCCC(CCC)c1ccncc1F. The first-order chi connectivity index (χ1) is 6.79. The Labute approximate surface area is 85.4 Å². The molecule has 0 spiro atoms. The lowest BCUT2D eigenvalue weighted by Gasteiger charge is -2.15. The van der Waals surface area contributed by atoms with Gasteiger partial charge in [-0.25, -0.2) is 4.39 Å². The van der Waals surface area contributed by atoms with Crippen LogP contribution in [0.4, 0.5) is 4.39 Å². The second kappa shape index (κ2) is 5.74. The zero-order valence-corrected chi connectivity index (χ0v) is 8.96. The van der Waals surface area contributed by atoms with E-state index < -0.39 is 0 Å². The molecule has 0 aliphatic carbocycles. The molecule has 0 bridgehead atoms. The third-order valence-corrected chi connectivity index (χ3v) is 2.52. The summed E-state index contributed by atoms with van der Waals surface area (Å²) >= 11 is 0. The van der Waals surface area contributed by atoms with E-state index >= 15 is 0 Å². The minimum absolute atomic E-state index is 0.153. The van der Waals surface area contributed by atoms with Crippen LogP contribution in [0.15, 0.2) is 18.5 Å². The summed E-state index contributed by atoms with van der Waals surface area (Å²) in [7, 11) is 0. The smallest absolute Gasteiger partial charge is 0.144 e. The Morgan fingerprint density at radius 3 is 2.43 bits per heavy atom. The molecule has 0 aromatic carbocycles. The van der Waals surface area contributed by atoms with Crippen molar-refractivity contribution in [1.82, 2.24) is 4.98 Å². The van der Waals surface area contributed by atoms with Gasteiger partial charge in [-0.2, -0.15) is 0 Å². The summed E-state index contributed by atoms with van der Waals surface area (Å²) in [4.78, 5) is 3.77. The highest BCUT2D eigenvalue weighted by molar-refractivity contribution is 5.17. The van der Waals surface area contributed by atoms with Gasteiger partial charge in [0.2, 0.25) is 0 Å². The van der Waals surface area contributed by atoms with Gasteiger partial charge in [-0.3, -0.25) is 4.98 Å². The molecule has 14 heavy (non-hydrogen) atoms. The number of hydrogen-bond donors (Lipinski definition) is 0. The predicted octanol–water partition coefficient (Wildman–Crippen LogP) is 3.90. The molecule has 0 aliphatic heterocycles. The van der Waals surface area contributed by atoms with Crippen LogP contribution >= 0.6 is 0 Å². The predicted molar refractivity (Wildman–Crippen MR) is 56.8 cm³/mol. The summed E-state index contributed by atoms with van der Waals surface area (Å²) < 4.78 is 13.4. The molecule has 1 aromatic rings. The summed E-state index contributed by atoms with van der Waals surface area (Å²) in [6.45, 7) is 4.28. The van der Waals surface area contributed by atoms with E-state index in [1.54, 1.807) is 6.20 Å². The maximum absolute atomic E-state index is 13.4. The van der Waals surface area contributed by atoms with E-state index in [4.69, 9.17) is 0 Å². The summed E-state index contributed by atoms with van der Waals surface area (Å²) in [5.74, 6) is 0.215. The molecule has 0 amide bonds. The van der Waals surface area contributed by atoms with Gasteiger partial charge in [0.25, 0.3) is 0 Å². The van der Waals surface area contributed by atoms with Gasteiger partial charge in [-0.15, -0.1) is 0 Å². The van der Waals surface area contributed by atoms with Crippen molar-refractivity contribution in [3.8, 4) is 0 Å². The molecule has 0 N–H and O–H groups in total. The van der Waals surface area contributed by atoms with E-state index in [0.29, 0.717) is 5.92 Å². The van der Waals surface area contributed by atoms with Crippen LogP contribution in [0.2, 0.25) is 0 Å². The molecule has 0 saturated carbocycles. The minimum atomic E-state index is -0.153. The topological polar surface area (TPSA) is 12.9 Å². The minimum Gasteiger partial charge on any atom is -0.262 e. The highest BCUT2D eigenvalue weighted by Gasteiger charge is 2.13. The highest BCUT2D eigenvalue weighted by Crippen LogP contribution is 2.27. The summed E-state index contributed by atoms with van der Waals surface area (Å²) in [5.41, 5.74) is 0.837. The Hall–Kier alpha value is -0.920. The van der Waals surface area contributed by atoms with E-state index in [1.165, 1.54) is 6.20 Å². The van der Waals surface area contributed by atoms with Crippen molar-refractivity contribution >= 4 is 0 Å². The fraction of sp³-hybridized carbons (Fsp3) is 0.583. The van der Waals surface area contributed by atoms with Gasteiger partial charge in [-0.1, -0.05) is 26.7 Å². The Morgan fingerprint density at radius 1 is 1.29 bits per heavy atom. The van der Waals surface area contributed by atoms with Crippen molar-refractivity contribution in [1.29, 1.82) is 0 Å². The number of hydrogen-bond acceptors (Lipinski definition) is 1. The molecule has 2 heteroatoms. The van der Waals surface area contributed by atoms with Gasteiger partial charge in [0.05, 0.1) is 6.20 Å². The molecule has 1 nitrogen and oxygen atoms in total. The number of halogens is 1. The van der Waals surface area contributed by atoms with Crippen LogP contribution in [0, 0.1) is 5.82 Å². The van der Waals surface area contributed by atoms with Gasteiger partial charge in [0.15, 0.2) is 0 Å². The standard InChI is InChI=1S/C12H18FN/c1-3-5-10(6-4-2)11-7-8-14-9-12(11)13/h7-10H,3-6H2,1-2H3. The van der Waals surface area contributed by atoms with Crippen LogP contribution < -0.4 is 0 Å². The molecule has 1 aromatic heterocycles. The molecule has 0 atom stereocenters. The molecule has 0 aliphatic rings. The van der Waals surface area contributed by atoms with Crippen molar-refractivity contribution in [3.05, 3.63) is 29.8 Å². The summed E-state index contributed by atoms with van der Waals surface area (Å²) in [5, 5.41) is 0.